The van der Waals surface area contributed by atoms with E-state index in [2.05, 4.69) is 19.2 Å². The molecule has 2 unspecified atom stereocenters. The zero-order chi connectivity index (χ0) is 10.4. The number of aliphatic hydroxyl groups excluding tert-OH is 1. The highest BCUT2D eigenvalue weighted by Gasteiger charge is 2.17. The summed E-state index contributed by atoms with van der Waals surface area (Å²) in [5.41, 5.74) is 0.986. The van der Waals surface area contributed by atoms with Gasteiger partial charge in [-0.05, 0) is 18.5 Å². The lowest BCUT2D eigenvalue weighted by Gasteiger charge is -2.22. The monoisotopic (exact) mass is 229 g/mol. The van der Waals surface area contributed by atoms with Gasteiger partial charge < -0.3 is 10.4 Å². The first-order valence-corrected chi connectivity index (χ1v) is 5.26. The van der Waals surface area contributed by atoms with Gasteiger partial charge in [0.05, 0.1) is 6.10 Å². The molecule has 0 aliphatic carbocycles. The number of hydrogen-bond donors (Lipinski definition) is 2. The number of likely N-dealkylation sites (N-methyl/N-ethyl adjacent to an activating group) is 1. The van der Waals surface area contributed by atoms with Crippen molar-refractivity contribution in [3.05, 3.63) is 35.9 Å². The fraction of sp³-hybridized carbons (Fsp3) is 0.500. The Morgan fingerprint density at radius 2 is 1.80 bits per heavy atom. The van der Waals surface area contributed by atoms with Crippen LogP contribution in [0.2, 0.25) is 0 Å². The van der Waals surface area contributed by atoms with Crippen molar-refractivity contribution >= 4 is 12.4 Å². The van der Waals surface area contributed by atoms with E-state index in [4.69, 9.17) is 0 Å². The lowest BCUT2D eigenvalue weighted by atomic mass is 10.0. The number of benzene rings is 1. The molecule has 86 valence electrons. The first kappa shape index (κ1) is 14.4. The number of hydrogen-bond acceptors (Lipinski definition) is 2. The third-order valence-corrected chi connectivity index (χ3v) is 2.43. The molecular weight excluding hydrogens is 210 g/mol. The Labute approximate surface area is 98.1 Å². The molecule has 15 heavy (non-hydrogen) atoms. The van der Waals surface area contributed by atoms with Crippen molar-refractivity contribution in [3.63, 3.8) is 0 Å². The van der Waals surface area contributed by atoms with E-state index in [-0.39, 0.29) is 18.4 Å². The largest absolute Gasteiger partial charge is 0.387 e. The Balaban J connectivity index is 0.00000196. The van der Waals surface area contributed by atoms with Crippen molar-refractivity contribution in [2.75, 3.05) is 6.54 Å². The van der Waals surface area contributed by atoms with Gasteiger partial charge in [-0.3, -0.25) is 0 Å². The maximum Gasteiger partial charge on any atom is 0.0942 e. The minimum absolute atomic E-state index is 0. The predicted molar refractivity (Wildman–Crippen MR) is 66.4 cm³/mol. The van der Waals surface area contributed by atoms with Gasteiger partial charge in [-0.15, -0.1) is 12.4 Å². The third kappa shape index (κ3) is 4.20. The van der Waals surface area contributed by atoms with Crippen LogP contribution < -0.4 is 5.32 Å². The second kappa shape index (κ2) is 7.69. The third-order valence-electron chi connectivity index (χ3n) is 2.43. The van der Waals surface area contributed by atoms with Crippen LogP contribution in [-0.2, 0) is 0 Å². The Morgan fingerprint density at radius 3 is 2.27 bits per heavy atom. The summed E-state index contributed by atoms with van der Waals surface area (Å²) in [6.07, 6.45) is 0.533. The van der Waals surface area contributed by atoms with Gasteiger partial charge in [0.25, 0.3) is 0 Å². The summed E-state index contributed by atoms with van der Waals surface area (Å²) in [6, 6.07) is 9.95. The van der Waals surface area contributed by atoms with Crippen LogP contribution in [0.5, 0.6) is 0 Å². The summed E-state index contributed by atoms with van der Waals surface area (Å²) >= 11 is 0. The van der Waals surface area contributed by atoms with Gasteiger partial charge >= 0.3 is 0 Å². The summed E-state index contributed by atoms with van der Waals surface area (Å²) in [5, 5.41) is 13.3. The molecule has 0 saturated heterocycles. The molecule has 1 aromatic carbocycles. The SMILES string of the molecule is CCNC(CC)C(O)c1ccccc1.Cl. The summed E-state index contributed by atoms with van der Waals surface area (Å²) in [7, 11) is 0. The van der Waals surface area contributed by atoms with Crippen LogP contribution in [0.25, 0.3) is 0 Å². The molecule has 2 N–H and O–H groups in total. The van der Waals surface area contributed by atoms with Gasteiger partial charge in [-0.25, -0.2) is 0 Å². The number of halogens is 1. The lowest BCUT2D eigenvalue weighted by molar-refractivity contribution is 0.127. The van der Waals surface area contributed by atoms with E-state index in [1.807, 2.05) is 30.3 Å². The summed E-state index contributed by atoms with van der Waals surface area (Å²) < 4.78 is 0. The van der Waals surface area contributed by atoms with Crippen LogP contribution in [0, 0.1) is 0 Å². The molecule has 0 heterocycles. The predicted octanol–water partition coefficient (Wildman–Crippen LogP) is 2.53. The fourth-order valence-corrected chi connectivity index (χ4v) is 1.62. The smallest absolute Gasteiger partial charge is 0.0942 e. The normalized spacial score (nSPS) is 14.1. The molecule has 2 nitrogen and oxygen atoms in total. The van der Waals surface area contributed by atoms with Crippen LogP contribution in [0.15, 0.2) is 30.3 Å². The van der Waals surface area contributed by atoms with Gasteiger partial charge in [0.2, 0.25) is 0 Å². The number of rotatable bonds is 5. The zero-order valence-corrected chi connectivity index (χ0v) is 10.1. The van der Waals surface area contributed by atoms with Gasteiger partial charge in [0.15, 0.2) is 0 Å². The van der Waals surface area contributed by atoms with Crippen molar-refractivity contribution in [1.82, 2.24) is 5.32 Å². The van der Waals surface area contributed by atoms with E-state index < -0.39 is 6.10 Å². The molecule has 0 saturated carbocycles. The second-order valence-electron chi connectivity index (χ2n) is 3.43. The second-order valence-corrected chi connectivity index (χ2v) is 3.43. The maximum absolute atomic E-state index is 10.0. The Hall–Kier alpha value is -0.570. The molecule has 0 aliphatic heterocycles. The van der Waals surface area contributed by atoms with Gasteiger partial charge in [0, 0.05) is 6.04 Å². The number of aliphatic hydroxyl groups is 1. The molecule has 0 spiro atoms. The molecule has 0 aliphatic rings. The van der Waals surface area contributed by atoms with Gasteiger partial charge in [0.1, 0.15) is 0 Å². The first-order valence-electron chi connectivity index (χ1n) is 5.26. The maximum atomic E-state index is 10.0. The topological polar surface area (TPSA) is 32.3 Å². The van der Waals surface area contributed by atoms with E-state index >= 15 is 0 Å². The van der Waals surface area contributed by atoms with E-state index in [0.29, 0.717) is 0 Å². The van der Waals surface area contributed by atoms with Crippen LogP contribution in [0.1, 0.15) is 31.9 Å². The molecule has 0 fully saturated rings. The van der Waals surface area contributed by atoms with Crippen LogP contribution in [0.3, 0.4) is 0 Å². The Bertz CT molecular complexity index is 253. The highest BCUT2D eigenvalue weighted by atomic mass is 35.5. The zero-order valence-electron chi connectivity index (χ0n) is 9.31. The Morgan fingerprint density at radius 1 is 1.20 bits per heavy atom. The van der Waals surface area contributed by atoms with Crippen LogP contribution >= 0.6 is 12.4 Å². The molecule has 1 rings (SSSR count). The first-order chi connectivity index (χ1) is 6.79. The lowest BCUT2D eigenvalue weighted by Crippen LogP contribution is -2.34. The highest BCUT2D eigenvalue weighted by molar-refractivity contribution is 5.85. The van der Waals surface area contributed by atoms with Gasteiger partial charge in [-0.1, -0.05) is 44.2 Å². The average molecular weight is 230 g/mol. The summed E-state index contributed by atoms with van der Waals surface area (Å²) in [4.78, 5) is 0. The minimum atomic E-state index is -0.402. The fourth-order valence-electron chi connectivity index (χ4n) is 1.62. The summed E-state index contributed by atoms with van der Waals surface area (Å²) in [6.45, 7) is 5.03. The van der Waals surface area contributed by atoms with Crippen molar-refractivity contribution in [2.24, 2.45) is 0 Å². The average Bonchev–Trinajstić information content (AvgIpc) is 2.26. The summed E-state index contributed by atoms with van der Waals surface area (Å²) in [5.74, 6) is 0. The van der Waals surface area contributed by atoms with E-state index in [1.165, 1.54) is 0 Å². The minimum Gasteiger partial charge on any atom is -0.387 e. The molecule has 0 aromatic heterocycles. The number of nitrogens with one attached hydrogen (secondary N) is 1. The van der Waals surface area contributed by atoms with Crippen molar-refractivity contribution in [3.8, 4) is 0 Å². The van der Waals surface area contributed by atoms with Crippen LogP contribution in [0.4, 0.5) is 0 Å². The van der Waals surface area contributed by atoms with Gasteiger partial charge in [-0.2, -0.15) is 0 Å². The van der Waals surface area contributed by atoms with E-state index in [1.54, 1.807) is 0 Å². The van der Waals surface area contributed by atoms with Crippen LogP contribution in [-0.4, -0.2) is 17.7 Å². The van der Waals surface area contributed by atoms with E-state index in [0.717, 1.165) is 18.5 Å². The molecule has 3 heteroatoms. The molecule has 0 radical (unpaired) electrons. The quantitative estimate of drug-likeness (QED) is 0.814. The molecule has 0 bridgehead atoms. The van der Waals surface area contributed by atoms with Crippen molar-refractivity contribution in [1.29, 1.82) is 0 Å². The molecule has 2 atom stereocenters. The van der Waals surface area contributed by atoms with E-state index in [9.17, 15) is 5.11 Å². The molecule has 0 amide bonds. The molecular formula is C12H20ClNO. The highest BCUT2D eigenvalue weighted by Crippen LogP contribution is 2.18. The standard InChI is InChI=1S/C12H19NO.ClH/c1-3-11(13-4-2)12(14)10-8-6-5-7-9-10;/h5-9,11-14H,3-4H2,1-2H3;1H. The molecule has 1 aromatic rings. The Kier molecular flexibility index (Phi) is 7.39. The van der Waals surface area contributed by atoms with Crippen molar-refractivity contribution < 1.29 is 5.11 Å². The van der Waals surface area contributed by atoms with Crippen molar-refractivity contribution in [2.45, 2.75) is 32.4 Å².